The molecule has 0 spiro atoms. The van der Waals surface area contributed by atoms with Crippen LogP contribution in [0.5, 0.6) is 11.5 Å². The van der Waals surface area contributed by atoms with Crippen molar-refractivity contribution in [3.63, 3.8) is 0 Å². The van der Waals surface area contributed by atoms with Gasteiger partial charge in [0.25, 0.3) is 0 Å². The summed E-state index contributed by atoms with van der Waals surface area (Å²) >= 11 is 0. The van der Waals surface area contributed by atoms with Gasteiger partial charge in [-0.3, -0.25) is 0 Å². The molecule has 5 nitrogen and oxygen atoms in total. The predicted octanol–water partition coefficient (Wildman–Crippen LogP) is 4.75. The van der Waals surface area contributed by atoms with Crippen LogP contribution < -0.4 is 9.47 Å². The SMILES string of the molecule is CCCCOc1ccc(/C=C2\N=C(c3cccc(F)c3)OC2=O)cc1OCC. The summed E-state index contributed by atoms with van der Waals surface area (Å²) in [7, 11) is 0. The van der Waals surface area contributed by atoms with E-state index in [1.165, 1.54) is 18.2 Å². The van der Waals surface area contributed by atoms with E-state index in [1.54, 1.807) is 18.2 Å². The smallest absolute Gasteiger partial charge is 0.363 e. The maximum Gasteiger partial charge on any atom is 0.363 e. The number of nitrogens with zero attached hydrogens (tertiary/aromatic N) is 1. The molecule has 1 aliphatic heterocycles. The minimum Gasteiger partial charge on any atom is -0.490 e. The van der Waals surface area contributed by atoms with E-state index in [9.17, 15) is 9.18 Å². The Balaban J connectivity index is 1.85. The fourth-order valence-electron chi connectivity index (χ4n) is 2.64. The fraction of sp³-hybridized carbons (Fsp3) is 0.273. The zero-order valence-electron chi connectivity index (χ0n) is 15.9. The lowest BCUT2D eigenvalue weighted by Gasteiger charge is -2.12. The summed E-state index contributed by atoms with van der Waals surface area (Å²) in [5.41, 5.74) is 1.27. The highest BCUT2D eigenvalue weighted by Crippen LogP contribution is 2.30. The average Bonchev–Trinajstić information content (AvgIpc) is 3.04. The van der Waals surface area contributed by atoms with Crippen molar-refractivity contribution in [2.24, 2.45) is 4.99 Å². The zero-order chi connectivity index (χ0) is 19.9. The molecule has 3 rings (SSSR count). The molecule has 2 aromatic carbocycles. The Kier molecular flexibility index (Phi) is 6.42. The number of rotatable bonds is 8. The van der Waals surface area contributed by atoms with E-state index in [2.05, 4.69) is 11.9 Å². The molecule has 0 unspecified atom stereocenters. The predicted molar refractivity (Wildman–Crippen MR) is 105 cm³/mol. The van der Waals surface area contributed by atoms with E-state index in [1.807, 2.05) is 19.1 Å². The minimum atomic E-state index is -0.583. The molecule has 0 aliphatic carbocycles. The topological polar surface area (TPSA) is 57.1 Å². The highest BCUT2D eigenvalue weighted by atomic mass is 19.1. The molecule has 0 atom stereocenters. The second-order valence-corrected chi connectivity index (χ2v) is 6.19. The number of benzene rings is 2. The van der Waals surface area contributed by atoms with Crippen LogP contribution in [0, 0.1) is 5.82 Å². The first-order valence-corrected chi connectivity index (χ1v) is 9.29. The Labute approximate surface area is 163 Å². The Morgan fingerprint density at radius 3 is 2.71 bits per heavy atom. The number of esters is 1. The van der Waals surface area contributed by atoms with Gasteiger partial charge in [0.15, 0.2) is 17.2 Å². The number of ether oxygens (including phenoxy) is 3. The first-order valence-electron chi connectivity index (χ1n) is 9.29. The van der Waals surface area contributed by atoms with Crippen molar-refractivity contribution < 1.29 is 23.4 Å². The second kappa shape index (κ2) is 9.17. The lowest BCUT2D eigenvalue weighted by atomic mass is 10.1. The highest BCUT2D eigenvalue weighted by molar-refractivity contribution is 6.12. The normalized spacial score (nSPS) is 14.8. The van der Waals surface area contributed by atoms with Gasteiger partial charge >= 0.3 is 5.97 Å². The summed E-state index contributed by atoms with van der Waals surface area (Å²) in [6.45, 7) is 5.10. The van der Waals surface area contributed by atoms with Crippen molar-refractivity contribution in [2.45, 2.75) is 26.7 Å². The zero-order valence-corrected chi connectivity index (χ0v) is 15.9. The second-order valence-electron chi connectivity index (χ2n) is 6.19. The van der Waals surface area contributed by atoms with Gasteiger partial charge in [-0.25, -0.2) is 14.2 Å². The number of halogens is 1. The number of carbonyl (C=O) groups is 1. The summed E-state index contributed by atoms with van der Waals surface area (Å²) in [6.07, 6.45) is 3.61. The van der Waals surface area contributed by atoms with Crippen LogP contribution in [0.2, 0.25) is 0 Å². The van der Waals surface area contributed by atoms with Crippen molar-refractivity contribution in [3.8, 4) is 11.5 Å². The molecule has 0 bridgehead atoms. The third-order valence-electron chi connectivity index (χ3n) is 4.02. The number of cyclic esters (lactones) is 1. The summed E-state index contributed by atoms with van der Waals surface area (Å²) in [5, 5.41) is 0. The van der Waals surface area contributed by atoms with Crippen molar-refractivity contribution in [1.29, 1.82) is 0 Å². The van der Waals surface area contributed by atoms with Crippen molar-refractivity contribution in [1.82, 2.24) is 0 Å². The van der Waals surface area contributed by atoms with E-state index in [-0.39, 0.29) is 11.6 Å². The summed E-state index contributed by atoms with van der Waals surface area (Å²) in [6, 6.07) is 11.2. The third kappa shape index (κ3) is 4.76. The standard InChI is InChI=1S/C22H22FNO4/c1-3-5-11-27-19-10-9-15(13-20(19)26-4-2)12-18-22(25)28-21(24-18)16-7-6-8-17(23)14-16/h6-10,12-14H,3-5,11H2,1-2H3/b18-12-. The monoisotopic (exact) mass is 383 g/mol. The van der Waals surface area contributed by atoms with E-state index in [0.717, 1.165) is 18.4 Å². The largest absolute Gasteiger partial charge is 0.490 e. The molecule has 0 radical (unpaired) electrons. The summed E-state index contributed by atoms with van der Waals surface area (Å²) < 4.78 is 30.0. The van der Waals surface area contributed by atoms with Crippen molar-refractivity contribution >= 4 is 17.9 Å². The molecule has 0 fully saturated rings. The fourth-order valence-corrected chi connectivity index (χ4v) is 2.64. The average molecular weight is 383 g/mol. The molecule has 0 amide bonds. The Bertz CT molecular complexity index is 921. The van der Waals surface area contributed by atoms with Crippen LogP contribution in [0.4, 0.5) is 4.39 Å². The molecule has 28 heavy (non-hydrogen) atoms. The third-order valence-corrected chi connectivity index (χ3v) is 4.02. The van der Waals surface area contributed by atoms with Gasteiger partial charge in [0.1, 0.15) is 5.82 Å². The molecule has 0 saturated heterocycles. The molecule has 2 aromatic rings. The lowest BCUT2D eigenvalue weighted by molar-refractivity contribution is -0.129. The van der Waals surface area contributed by atoms with Crippen LogP contribution in [0.1, 0.15) is 37.8 Å². The van der Waals surface area contributed by atoms with Crippen LogP contribution in [-0.2, 0) is 9.53 Å². The number of carbonyl (C=O) groups excluding carboxylic acids is 1. The molecule has 0 saturated carbocycles. The van der Waals surface area contributed by atoms with Crippen molar-refractivity contribution in [3.05, 3.63) is 65.1 Å². The summed E-state index contributed by atoms with van der Waals surface area (Å²) in [4.78, 5) is 16.3. The molecular weight excluding hydrogens is 361 g/mol. The summed E-state index contributed by atoms with van der Waals surface area (Å²) in [5.74, 6) is 0.346. The maximum absolute atomic E-state index is 13.4. The first-order chi connectivity index (χ1) is 13.6. The molecule has 1 aliphatic rings. The minimum absolute atomic E-state index is 0.0836. The van der Waals surface area contributed by atoms with Gasteiger partial charge in [-0.05, 0) is 55.3 Å². The molecule has 146 valence electrons. The van der Waals surface area contributed by atoms with Gasteiger partial charge in [0.2, 0.25) is 5.90 Å². The van der Waals surface area contributed by atoms with E-state index in [4.69, 9.17) is 14.2 Å². The lowest BCUT2D eigenvalue weighted by Crippen LogP contribution is -2.05. The van der Waals surface area contributed by atoms with Crippen LogP contribution >= 0.6 is 0 Å². The van der Waals surface area contributed by atoms with Gasteiger partial charge in [-0.2, -0.15) is 0 Å². The number of hydrogen-bond donors (Lipinski definition) is 0. The highest BCUT2D eigenvalue weighted by Gasteiger charge is 2.24. The number of hydrogen-bond acceptors (Lipinski definition) is 5. The maximum atomic E-state index is 13.4. The Morgan fingerprint density at radius 2 is 1.96 bits per heavy atom. The van der Waals surface area contributed by atoms with Crippen molar-refractivity contribution in [2.75, 3.05) is 13.2 Å². The molecule has 1 heterocycles. The van der Waals surface area contributed by atoms with Crippen LogP contribution in [0.3, 0.4) is 0 Å². The van der Waals surface area contributed by atoms with Gasteiger partial charge in [0.05, 0.1) is 13.2 Å². The van der Waals surface area contributed by atoms with E-state index in [0.29, 0.717) is 30.3 Å². The van der Waals surface area contributed by atoms with Gasteiger partial charge in [-0.1, -0.05) is 25.5 Å². The van der Waals surface area contributed by atoms with Crippen LogP contribution in [-0.4, -0.2) is 25.1 Å². The van der Waals surface area contributed by atoms with Crippen LogP contribution in [0.15, 0.2) is 53.2 Å². The van der Waals surface area contributed by atoms with E-state index >= 15 is 0 Å². The molecule has 6 heteroatoms. The van der Waals surface area contributed by atoms with Crippen LogP contribution in [0.25, 0.3) is 6.08 Å². The molecule has 0 N–H and O–H groups in total. The van der Waals surface area contributed by atoms with Gasteiger partial charge in [-0.15, -0.1) is 0 Å². The molecular formula is C22H22FNO4. The number of aliphatic imine (C=N–C) groups is 1. The Morgan fingerprint density at radius 1 is 1.11 bits per heavy atom. The van der Waals surface area contributed by atoms with Gasteiger partial charge in [0, 0.05) is 5.56 Å². The molecule has 0 aromatic heterocycles. The number of unbranched alkanes of at least 4 members (excludes halogenated alkanes) is 1. The first kappa shape index (κ1) is 19.6. The van der Waals surface area contributed by atoms with E-state index < -0.39 is 11.8 Å². The Hall–Kier alpha value is -3.15. The van der Waals surface area contributed by atoms with Gasteiger partial charge < -0.3 is 14.2 Å². The quantitative estimate of drug-likeness (QED) is 0.375.